The number of terminal acetylenes is 1. The van der Waals surface area contributed by atoms with E-state index in [0.29, 0.717) is 16.3 Å². The molecule has 4 amide bonds. The summed E-state index contributed by atoms with van der Waals surface area (Å²) in [6.45, 7) is 0.0374. The number of urea groups is 1. The average molecular weight is 381 g/mol. The van der Waals surface area contributed by atoms with E-state index in [1.165, 1.54) is 18.2 Å². The molecule has 2 aromatic rings. The van der Waals surface area contributed by atoms with Gasteiger partial charge >= 0.3 is 6.03 Å². The SMILES string of the molecule is C#CCOc1ccccc1/C=C1\C(=O)NC(=O)N(c2ccc(Cl)cc2)C1=O. The number of carbonyl (C=O) groups is 3. The van der Waals surface area contributed by atoms with Crippen LogP contribution in [0.3, 0.4) is 0 Å². The number of halogens is 1. The minimum Gasteiger partial charge on any atom is -0.480 e. The fraction of sp³-hybridized carbons (Fsp3) is 0.0500. The first-order valence-electron chi connectivity index (χ1n) is 7.83. The van der Waals surface area contributed by atoms with Gasteiger partial charge in [0.25, 0.3) is 11.8 Å². The van der Waals surface area contributed by atoms with Crippen molar-refractivity contribution in [2.75, 3.05) is 11.5 Å². The van der Waals surface area contributed by atoms with Gasteiger partial charge in [-0.15, -0.1) is 6.42 Å². The number of amides is 4. The second-order valence-corrected chi connectivity index (χ2v) is 5.90. The van der Waals surface area contributed by atoms with Crippen molar-refractivity contribution in [3.8, 4) is 18.1 Å². The molecule has 27 heavy (non-hydrogen) atoms. The molecular formula is C20H13ClN2O4. The van der Waals surface area contributed by atoms with E-state index in [0.717, 1.165) is 4.90 Å². The van der Waals surface area contributed by atoms with Gasteiger partial charge in [0.2, 0.25) is 0 Å². The lowest BCUT2D eigenvalue weighted by atomic mass is 10.1. The number of ether oxygens (including phenoxy) is 1. The zero-order chi connectivity index (χ0) is 19.4. The minimum atomic E-state index is -0.832. The monoisotopic (exact) mass is 380 g/mol. The number of para-hydroxylation sites is 1. The third kappa shape index (κ3) is 3.84. The summed E-state index contributed by atoms with van der Waals surface area (Å²) in [5, 5.41) is 2.61. The Morgan fingerprint density at radius 3 is 2.52 bits per heavy atom. The van der Waals surface area contributed by atoms with Crippen LogP contribution in [0.15, 0.2) is 54.1 Å². The fourth-order valence-corrected chi connectivity index (χ4v) is 2.61. The quantitative estimate of drug-likeness (QED) is 0.502. The van der Waals surface area contributed by atoms with E-state index in [2.05, 4.69) is 11.2 Å². The highest BCUT2D eigenvalue weighted by Crippen LogP contribution is 2.26. The van der Waals surface area contributed by atoms with Crippen molar-refractivity contribution in [1.82, 2.24) is 5.32 Å². The first-order chi connectivity index (χ1) is 13.0. The first kappa shape index (κ1) is 18.2. The molecule has 0 aliphatic carbocycles. The molecule has 1 saturated heterocycles. The van der Waals surface area contributed by atoms with Crippen LogP contribution in [0.2, 0.25) is 5.02 Å². The summed E-state index contributed by atoms with van der Waals surface area (Å²) < 4.78 is 5.43. The van der Waals surface area contributed by atoms with E-state index in [9.17, 15) is 14.4 Å². The molecule has 6 nitrogen and oxygen atoms in total. The van der Waals surface area contributed by atoms with Gasteiger partial charge in [-0.3, -0.25) is 14.9 Å². The van der Waals surface area contributed by atoms with Crippen LogP contribution in [0.4, 0.5) is 10.5 Å². The summed E-state index contributed by atoms with van der Waals surface area (Å²) in [6, 6.07) is 12.1. The fourth-order valence-electron chi connectivity index (χ4n) is 2.49. The van der Waals surface area contributed by atoms with E-state index < -0.39 is 17.8 Å². The molecule has 0 saturated carbocycles. The first-order valence-corrected chi connectivity index (χ1v) is 8.21. The molecule has 0 spiro atoms. The van der Waals surface area contributed by atoms with E-state index >= 15 is 0 Å². The van der Waals surface area contributed by atoms with Gasteiger partial charge < -0.3 is 4.74 Å². The number of anilines is 1. The molecule has 2 aromatic carbocycles. The molecule has 1 aliphatic heterocycles. The predicted octanol–water partition coefficient (Wildman–Crippen LogP) is 3.02. The standard InChI is InChI=1S/C20H13ClN2O4/c1-2-11-27-17-6-4-3-5-13(17)12-16-18(24)22-20(26)23(19(16)25)15-9-7-14(21)8-10-15/h1,3-10,12H,11H2,(H,22,24,26)/b16-12+. The molecule has 1 aliphatic rings. The van der Waals surface area contributed by atoms with Crippen molar-refractivity contribution >= 4 is 41.2 Å². The minimum absolute atomic E-state index is 0.0374. The molecule has 3 rings (SSSR count). The number of nitrogens with one attached hydrogen (secondary N) is 1. The molecule has 0 radical (unpaired) electrons. The molecule has 0 unspecified atom stereocenters. The molecule has 1 fully saturated rings. The molecule has 1 N–H and O–H groups in total. The van der Waals surface area contributed by atoms with Crippen LogP contribution in [0, 0.1) is 12.3 Å². The lowest BCUT2D eigenvalue weighted by Crippen LogP contribution is -2.54. The van der Waals surface area contributed by atoms with Gasteiger partial charge in [0.1, 0.15) is 17.9 Å². The Morgan fingerprint density at radius 2 is 1.81 bits per heavy atom. The highest BCUT2D eigenvalue weighted by Gasteiger charge is 2.36. The Kier molecular flexibility index (Phi) is 5.25. The predicted molar refractivity (Wildman–Crippen MR) is 101 cm³/mol. The van der Waals surface area contributed by atoms with E-state index in [1.54, 1.807) is 36.4 Å². The Balaban J connectivity index is 2.00. The molecular weight excluding hydrogens is 368 g/mol. The van der Waals surface area contributed by atoms with Gasteiger partial charge in [0.15, 0.2) is 0 Å². The summed E-state index contributed by atoms with van der Waals surface area (Å²) in [5.41, 5.74) is 0.565. The van der Waals surface area contributed by atoms with Gasteiger partial charge in [0.05, 0.1) is 5.69 Å². The highest BCUT2D eigenvalue weighted by atomic mass is 35.5. The summed E-state index contributed by atoms with van der Waals surface area (Å²) in [6.07, 6.45) is 6.56. The maximum absolute atomic E-state index is 12.8. The van der Waals surface area contributed by atoms with Gasteiger partial charge in [0, 0.05) is 10.6 Å². The summed E-state index contributed by atoms with van der Waals surface area (Å²) >= 11 is 5.84. The lowest BCUT2D eigenvalue weighted by Gasteiger charge is -2.26. The van der Waals surface area contributed by atoms with Crippen LogP contribution in [-0.2, 0) is 9.59 Å². The second-order valence-electron chi connectivity index (χ2n) is 5.46. The van der Waals surface area contributed by atoms with Crippen LogP contribution in [0.1, 0.15) is 5.56 Å². The number of benzene rings is 2. The topological polar surface area (TPSA) is 75.7 Å². The lowest BCUT2D eigenvalue weighted by molar-refractivity contribution is -0.122. The van der Waals surface area contributed by atoms with Gasteiger partial charge in [-0.1, -0.05) is 35.7 Å². The Bertz CT molecular complexity index is 990. The molecule has 0 atom stereocenters. The van der Waals surface area contributed by atoms with Crippen molar-refractivity contribution in [2.24, 2.45) is 0 Å². The largest absolute Gasteiger partial charge is 0.480 e. The third-order valence-corrected chi connectivity index (χ3v) is 3.97. The van der Waals surface area contributed by atoms with Crippen molar-refractivity contribution in [2.45, 2.75) is 0 Å². The van der Waals surface area contributed by atoms with Gasteiger partial charge in [-0.2, -0.15) is 0 Å². The number of imide groups is 2. The van der Waals surface area contributed by atoms with Crippen LogP contribution >= 0.6 is 11.6 Å². The van der Waals surface area contributed by atoms with Crippen LogP contribution in [-0.4, -0.2) is 24.5 Å². The van der Waals surface area contributed by atoms with Crippen molar-refractivity contribution in [1.29, 1.82) is 0 Å². The number of rotatable bonds is 4. The van der Waals surface area contributed by atoms with Crippen LogP contribution < -0.4 is 15.0 Å². The Hall–Kier alpha value is -3.56. The molecule has 1 heterocycles. The molecule has 0 bridgehead atoms. The van der Waals surface area contributed by atoms with Crippen LogP contribution in [0.5, 0.6) is 5.75 Å². The number of carbonyl (C=O) groups excluding carboxylic acids is 3. The molecule has 7 heteroatoms. The number of hydrogen-bond donors (Lipinski definition) is 1. The van der Waals surface area contributed by atoms with Crippen molar-refractivity contribution < 1.29 is 19.1 Å². The highest BCUT2D eigenvalue weighted by molar-refractivity contribution is 6.39. The smallest absolute Gasteiger partial charge is 0.335 e. The maximum atomic E-state index is 12.8. The van der Waals surface area contributed by atoms with Gasteiger partial charge in [-0.25, -0.2) is 9.69 Å². The van der Waals surface area contributed by atoms with Crippen molar-refractivity contribution in [3.05, 3.63) is 64.7 Å². The summed E-state index contributed by atoms with van der Waals surface area (Å²) in [5.74, 6) is 1.22. The summed E-state index contributed by atoms with van der Waals surface area (Å²) in [7, 11) is 0. The number of hydrogen-bond acceptors (Lipinski definition) is 4. The third-order valence-electron chi connectivity index (χ3n) is 3.72. The normalized spacial score (nSPS) is 15.5. The van der Waals surface area contributed by atoms with Crippen molar-refractivity contribution in [3.63, 3.8) is 0 Å². The van der Waals surface area contributed by atoms with E-state index in [1.807, 2.05) is 0 Å². The van der Waals surface area contributed by atoms with E-state index in [4.69, 9.17) is 22.8 Å². The molecule has 0 aromatic heterocycles. The number of nitrogens with zero attached hydrogens (tertiary/aromatic N) is 1. The Labute approximate surface area is 160 Å². The van der Waals surface area contributed by atoms with Crippen LogP contribution in [0.25, 0.3) is 6.08 Å². The second kappa shape index (κ2) is 7.77. The number of barbiturate groups is 1. The zero-order valence-electron chi connectivity index (χ0n) is 13.9. The average Bonchev–Trinajstić information content (AvgIpc) is 2.65. The van der Waals surface area contributed by atoms with E-state index in [-0.39, 0.29) is 17.9 Å². The maximum Gasteiger partial charge on any atom is 0.335 e. The summed E-state index contributed by atoms with van der Waals surface area (Å²) in [4.78, 5) is 38.1. The van der Waals surface area contributed by atoms with Gasteiger partial charge in [-0.05, 0) is 36.4 Å². The Morgan fingerprint density at radius 1 is 1.11 bits per heavy atom. The molecule has 134 valence electrons. The zero-order valence-corrected chi connectivity index (χ0v) is 14.7.